The maximum Gasteiger partial charge on any atom is 0.490 e. The smallest absolute Gasteiger partial charge is 0.490 e. The number of carbonyl (C=O) groups excluding carboxylic acids is 2. The predicted molar refractivity (Wildman–Crippen MR) is 114 cm³/mol. The molecule has 0 aromatic heterocycles. The van der Waals surface area contributed by atoms with E-state index in [0.717, 1.165) is 12.8 Å². The average molecular weight is 514 g/mol. The van der Waals surface area contributed by atoms with Gasteiger partial charge in [-0.3, -0.25) is 9.59 Å². The zero-order valence-corrected chi connectivity index (χ0v) is 18.9. The van der Waals surface area contributed by atoms with Crippen molar-refractivity contribution in [2.24, 2.45) is 17.6 Å². The van der Waals surface area contributed by atoms with Crippen molar-refractivity contribution in [2.75, 3.05) is 19.6 Å². The van der Waals surface area contributed by atoms with Gasteiger partial charge >= 0.3 is 12.1 Å². The van der Waals surface area contributed by atoms with E-state index in [0.29, 0.717) is 48.1 Å². The van der Waals surface area contributed by atoms with Crippen LogP contribution >= 0.6 is 23.2 Å². The van der Waals surface area contributed by atoms with Crippen LogP contribution in [0.2, 0.25) is 10.0 Å². The average Bonchev–Trinajstić information content (AvgIpc) is 2.76. The number of carbonyl (C=O) groups is 3. The van der Waals surface area contributed by atoms with E-state index in [9.17, 15) is 27.9 Å². The van der Waals surface area contributed by atoms with E-state index in [4.69, 9.17) is 38.8 Å². The monoisotopic (exact) mass is 513 g/mol. The first kappa shape index (κ1) is 27.0. The first-order valence-electron chi connectivity index (χ1n) is 10.1. The first-order chi connectivity index (χ1) is 15.3. The standard InChI is InChI=1S/C18H23Cl2N3O3.C2HF3O2/c19-13-7-12(15(24)8-14(13)20)17(21)10-3-5-23(6-4-10)18(26)11-1-2-16(25)22-9-11;3-2(4,5)1(6)7/h7-8,10-11,17,24H,1-6,9,21H2,(H,22,25);(H,6,7)/t11?,17-;/m1./s1. The largest absolute Gasteiger partial charge is 0.508 e. The van der Waals surface area contributed by atoms with Crippen molar-refractivity contribution in [2.45, 2.75) is 37.9 Å². The third-order valence-corrected chi connectivity index (χ3v) is 6.37. The minimum atomic E-state index is -5.08. The number of carboxylic acids is 1. The van der Waals surface area contributed by atoms with Gasteiger partial charge in [0, 0.05) is 43.7 Å². The van der Waals surface area contributed by atoms with E-state index in [1.807, 2.05) is 4.90 Å². The summed E-state index contributed by atoms with van der Waals surface area (Å²) in [6, 6.07) is 2.66. The van der Waals surface area contributed by atoms with Crippen LogP contribution in [-0.2, 0) is 14.4 Å². The molecule has 8 nitrogen and oxygen atoms in total. The van der Waals surface area contributed by atoms with Crippen LogP contribution in [0, 0.1) is 11.8 Å². The zero-order valence-electron chi connectivity index (χ0n) is 17.4. The van der Waals surface area contributed by atoms with Crippen molar-refractivity contribution >= 4 is 41.0 Å². The summed E-state index contributed by atoms with van der Waals surface area (Å²) in [6.07, 6.45) is -2.55. The Labute approximate surface area is 197 Å². The summed E-state index contributed by atoms with van der Waals surface area (Å²) in [5, 5.41) is 20.7. The molecule has 13 heteroatoms. The number of piperidine rings is 2. The third kappa shape index (κ3) is 7.38. The van der Waals surface area contributed by atoms with Crippen molar-refractivity contribution in [1.82, 2.24) is 10.2 Å². The number of benzene rings is 1. The Morgan fingerprint density at radius 3 is 2.18 bits per heavy atom. The van der Waals surface area contributed by atoms with Gasteiger partial charge < -0.3 is 26.2 Å². The number of carboxylic acid groups (broad SMARTS) is 1. The number of aliphatic carboxylic acids is 1. The Morgan fingerprint density at radius 1 is 1.15 bits per heavy atom. The van der Waals surface area contributed by atoms with Crippen LogP contribution in [0.4, 0.5) is 13.2 Å². The number of alkyl halides is 3. The van der Waals surface area contributed by atoms with Crippen molar-refractivity contribution < 1.29 is 37.8 Å². The Balaban J connectivity index is 0.000000479. The molecule has 0 spiro atoms. The highest BCUT2D eigenvalue weighted by atomic mass is 35.5. The molecule has 0 aliphatic carbocycles. The summed E-state index contributed by atoms with van der Waals surface area (Å²) in [5.41, 5.74) is 6.94. The molecule has 5 N–H and O–H groups in total. The van der Waals surface area contributed by atoms with E-state index in [-0.39, 0.29) is 35.4 Å². The minimum Gasteiger partial charge on any atom is -0.508 e. The van der Waals surface area contributed by atoms with Crippen LogP contribution < -0.4 is 11.1 Å². The van der Waals surface area contributed by atoms with Crippen molar-refractivity contribution in [3.63, 3.8) is 0 Å². The summed E-state index contributed by atoms with van der Waals surface area (Å²) in [6.45, 7) is 1.68. The lowest BCUT2D eigenvalue weighted by molar-refractivity contribution is -0.192. The number of phenolic OH excluding ortho intramolecular Hbond substituents is 1. The molecule has 1 aromatic rings. The van der Waals surface area contributed by atoms with Gasteiger partial charge in [0.15, 0.2) is 0 Å². The summed E-state index contributed by atoms with van der Waals surface area (Å²) in [4.78, 5) is 34.6. The number of nitrogens with one attached hydrogen (secondary N) is 1. The summed E-state index contributed by atoms with van der Waals surface area (Å²) < 4.78 is 31.7. The van der Waals surface area contributed by atoms with Crippen molar-refractivity contribution in [3.8, 4) is 5.75 Å². The quantitative estimate of drug-likeness (QED) is 0.490. The normalized spacial score (nSPS) is 20.4. The van der Waals surface area contributed by atoms with Gasteiger partial charge in [-0.2, -0.15) is 13.2 Å². The number of nitrogens with two attached hydrogens (primary N) is 1. The molecular weight excluding hydrogens is 490 g/mol. The zero-order chi connectivity index (χ0) is 24.9. The molecule has 33 heavy (non-hydrogen) atoms. The van der Waals surface area contributed by atoms with Gasteiger partial charge in [0.2, 0.25) is 11.8 Å². The van der Waals surface area contributed by atoms with Crippen molar-refractivity contribution in [3.05, 3.63) is 27.7 Å². The molecule has 2 fully saturated rings. The summed E-state index contributed by atoms with van der Waals surface area (Å²) in [7, 11) is 0. The lowest BCUT2D eigenvalue weighted by atomic mass is 9.85. The molecule has 3 rings (SSSR count). The number of hydrogen-bond donors (Lipinski definition) is 4. The topological polar surface area (TPSA) is 133 Å². The van der Waals surface area contributed by atoms with Gasteiger partial charge in [-0.1, -0.05) is 23.2 Å². The Hall–Kier alpha value is -2.24. The number of aromatic hydroxyl groups is 1. The lowest BCUT2D eigenvalue weighted by Gasteiger charge is -2.37. The number of phenols is 1. The van der Waals surface area contributed by atoms with Gasteiger partial charge in [0.25, 0.3) is 0 Å². The van der Waals surface area contributed by atoms with E-state index in [2.05, 4.69) is 5.32 Å². The first-order valence-corrected chi connectivity index (χ1v) is 10.9. The van der Waals surface area contributed by atoms with Crippen LogP contribution in [0.25, 0.3) is 0 Å². The van der Waals surface area contributed by atoms with Crippen LogP contribution in [0.1, 0.15) is 37.3 Å². The molecule has 184 valence electrons. The van der Waals surface area contributed by atoms with E-state index >= 15 is 0 Å². The molecule has 2 amide bonds. The van der Waals surface area contributed by atoms with Crippen LogP contribution in [0.5, 0.6) is 5.75 Å². The fourth-order valence-corrected chi connectivity index (χ4v) is 4.08. The molecule has 2 heterocycles. The highest BCUT2D eigenvalue weighted by Crippen LogP contribution is 2.38. The molecule has 0 bridgehead atoms. The SMILES string of the molecule is N[C@@H](c1cc(Cl)c(Cl)cc1O)C1CCN(C(=O)C2CCC(=O)NC2)CC1.O=C(O)C(F)(F)F. The second kappa shape index (κ2) is 11.3. The molecular formula is C20H24Cl2F3N3O5. The van der Waals surface area contributed by atoms with Crippen LogP contribution in [0.3, 0.4) is 0 Å². The highest BCUT2D eigenvalue weighted by Gasteiger charge is 2.38. The van der Waals surface area contributed by atoms with Gasteiger partial charge in [-0.05, 0) is 31.2 Å². The Kier molecular flexibility index (Phi) is 9.21. The van der Waals surface area contributed by atoms with Gasteiger partial charge in [0.1, 0.15) is 5.75 Å². The molecule has 2 atom stereocenters. The second-order valence-corrected chi connectivity index (χ2v) is 8.67. The number of likely N-dealkylation sites (tertiary alicyclic amines) is 1. The minimum absolute atomic E-state index is 0.0140. The molecule has 2 aliphatic heterocycles. The third-order valence-electron chi connectivity index (χ3n) is 5.65. The van der Waals surface area contributed by atoms with Gasteiger partial charge in [0.05, 0.1) is 16.0 Å². The fourth-order valence-electron chi connectivity index (χ4n) is 3.75. The molecule has 1 aromatic carbocycles. The predicted octanol–water partition coefficient (Wildman–Crippen LogP) is 3.10. The summed E-state index contributed by atoms with van der Waals surface area (Å²) in [5.74, 6) is -2.57. The molecule has 0 radical (unpaired) electrons. The van der Waals surface area contributed by atoms with Gasteiger partial charge in [-0.15, -0.1) is 0 Å². The molecule has 2 aliphatic rings. The van der Waals surface area contributed by atoms with Crippen LogP contribution in [-0.4, -0.2) is 58.7 Å². The van der Waals surface area contributed by atoms with E-state index in [1.54, 1.807) is 6.07 Å². The number of nitrogens with zero attached hydrogens (tertiary/aromatic N) is 1. The molecule has 0 saturated carbocycles. The number of hydrogen-bond acceptors (Lipinski definition) is 5. The second-order valence-electron chi connectivity index (χ2n) is 7.86. The fraction of sp³-hybridized carbons (Fsp3) is 0.550. The van der Waals surface area contributed by atoms with E-state index in [1.165, 1.54) is 6.07 Å². The van der Waals surface area contributed by atoms with Crippen LogP contribution in [0.15, 0.2) is 12.1 Å². The lowest BCUT2D eigenvalue weighted by Crippen LogP contribution is -2.48. The molecule has 2 saturated heterocycles. The Bertz CT molecular complexity index is 882. The number of rotatable bonds is 3. The maximum absolute atomic E-state index is 12.6. The van der Waals surface area contributed by atoms with Crippen molar-refractivity contribution in [1.29, 1.82) is 0 Å². The van der Waals surface area contributed by atoms with E-state index < -0.39 is 12.1 Å². The number of halogens is 5. The maximum atomic E-state index is 12.6. The summed E-state index contributed by atoms with van der Waals surface area (Å²) >= 11 is 12.0. The molecule has 1 unspecified atom stereocenters. The Morgan fingerprint density at radius 2 is 1.70 bits per heavy atom. The highest BCUT2D eigenvalue weighted by molar-refractivity contribution is 6.42. The number of amides is 2. The van der Waals surface area contributed by atoms with Gasteiger partial charge in [-0.25, -0.2) is 4.79 Å².